The van der Waals surface area contributed by atoms with E-state index in [1.54, 1.807) is 12.1 Å². The minimum Gasteiger partial charge on any atom is -0.423 e. The van der Waals surface area contributed by atoms with Crippen LogP contribution < -0.4 is 5.46 Å². The molecule has 138 valence electrons. The molecule has 0 aliphatic carbocycles. The van der Waals surface area contributed by atoms with Crippen LogP contribution in [0, 0.1) is 0 Å². The van der Waals surface area contributed by atoms with Gasteiger partial charge >= 0.3 is 7.12 Å². The van der Waals surface area contributed by atoms with Crippen LogP contribution in [-0.2, 0) is 0 Å². The third-order valence-corrected chi connectivity index (χ3v) is 6.83. The molecule has 0 unspecified atom stereocenters. The molecule has 3 nitrogen and oxygen atoms in total. The van der Waals surface area contributed by atoms with Gasteiger partial charge in [0.25, 0.3) is 0 Å². The smallest absolute Gasteiger partial charge is 0.423 e. The van der Waals surface area contributed by atoms with Gasteiger partial charge in [0.15, 0.2) is 0 Å². The lowest BCUT2D eigenvalue weighted by atomic mass is 9.80. The number of fused-ring (bicyclic) bond motifs is 7. The number of nitrogens with zero attached hydrogens (tertiary/aromatic N) is 1. The standard InChI is InChI=1S/C24H16BNO2S/c27-25(28)15-9-11-16(12-10-15)26-20-7-3-1-6-19(20)23-21(26)14-13-18-17-5-2-4-8-22(17)29-24(18)23/h1-14,27-28H. The second kappa shape index (κ2) is 6.19. The van der Waals surface area contributed by atoms with E-state index in [-0.39, 0.29) is 0 Å². The van der Waals surface area contributed by atoms with E-state index in [1.165, 1.54) is 30.9 Å². The SMILES string of the molecule is OB(O)c1ccc(-n2c3ccccc3c3c4sc5ccccc5c4ccc32)cc1. The van der Waals surface area contributed by atoms with E-state index in [9.17, 15) is 10.0 Å². The van der Waals surface area contributed by atoms with Gasteiger partial charge in [0.05, 0.1) is 11.0 Å². The van der Waals surface area contributed by atoms with Crippen molar-refractivity contribution in [1.82, 2.24) is 4.57 Å². The zero-order valence-corrected chi connectivity index (χ0v) is 16.2. The monoisotopic (exact) mass is 393 g/mol. The lowest BCUT2D eigenvalue weighted by molar-refractivity contribution is 0.426. The van der Waals surface area contributed by atoms with Crippen LogP contribution in [0.2, 0.25) is 0 Å². The van der Waals surface area contributed by atoms with E-state index in [2.05, 4.69) is 65.2 Å². The Kier molecular flexibility index (Phi) is 3.59. The fraction of sp³-hybridized carbons (Fsp3) is 0. The maximum atomic E-state index is 9.43. The first kappa shape index (κ1) is 16.8. The van der Waals surface area contributed by atoms with Crippen LogP contribution in [0.5, 0.6) is 0 Å². The topological polar surface area (TPSA) is 45.4 Å². The van der Waals surface area contributed by atoms with E-state index in [1.807, 2.05) is 23.5 Å². The summed E-state index contributed by atoms with van der Waals surface area (Å²) in [7, 11) is -1.46. The molecule has 6 rings (SSSR count). The summed E-state index contributed by atoms with van der Waals surface area (Å²) in [5.74, 6) is 0. The highest BCUT2D eigenvalue weighted by molar-refractivity contribution is 7.26. The first-order valence-corrected chi connectivity index (χ1v) is 10.3. The summed E-state index contributed by atoms with van der Waals surface area (Å²) < 4.78 is 4.86. The Labute approximate surface area is 171 Å². The molecule has 6 aromatic rings. The van der Waals surface area contributed by atoms with Gasteiger partial charge in [-0.1, -0.05) is 54.6 Å². The van der Waals surface area contributed by atoms with Crippen LogP contribution in [0.4, 0.5) is 0 Å². The molecular formula is C24H16BNO2S. The van der Waals surface area contributed by atoms with E-state index in [0.29, 0.717) is 5.46 Å². The van der Waals surface area contributed by atoms with E-state index in [4.69, 9.17) is 0 Å². The summed E-state index contributed by atoms with van der Waals surface area (Å²) in [6, 6.07) is 28.9. The van der Waals surface area contributed by atoms with Crippen molar-refractivity contribution in [3.05, 3.63) is 84.9 Å². The average molecular weight is 393 g/mol. The van der Waals surface area contributed by atoms with Crippen LogP contribution in [0.1, 0.15) is 0 Å². The van der Waals surface area contributed by atoms with Crippen LogP contribution in [0.15, 0.2) is 84.9 Å². The van der Waals surface area contributed by atoms with Gasteiger partial charge in [0, 0.05) is 36.6 Å². The molecule has 2 N–H and O–H groups in total. The van der Waals surface area contributed by atoms with Gasteiger partial charge in [0.1, 0.15) is 0 Å². The van der Waals surface area contributed by atoms with Gasteiger partial charge in [-0.2, -0.15) is 0 Å². The summed E-state index contributed by atoms with van der Waals surface area (Å²) in [5.41, 5.74) is 3.79. The summed E-state index contributed by atoms with van der Waals surface area (Å²) in [6.45, 7) is 0. The lowest BCUT2D eigenvalue weighted by Gasteiger charge is -2.09. The number of thiophene rings is 1. The van der Waals surface area contributed by atoms with Crippen LogP contribution in [0.25, 0.3) is 47.7 Å². The molecule has 2 heterocycles. The predicted molar refractivity (Wildman–Crippen MR) is 123 cm³/mol. The highest BCUT2D eigenvalue weighted by Gasteiger charge is 2.17. The van der Waals surface area contributed by atoms with Crippen molar-refractivity contribution in [3.63, 3.8) is 0 Å². The largest absolute Gasteiger partial charge is 0.488 e. The molecule has 4 aromatic carbocycles. The van der Waals surface area contributed by atoms with Crippen molar-refractivity contribution >= 4 is 65.9 Å². The van der Waals surface area contributed by atoms with Crippen molar-refractivity contribution in [2.45, 2.75) is 0 Å². The minimum absolute atomic E-state index is 0.487. The summed E-state index contributed by atoms with van der Waals surface area (Å²) in [5, 5.41) is 23.9. The summed E-state index contributed by atoms with van der Waals surface area (Å²) in [4.78, 5) is 0. The Morgan fingerprint density at radius 3 is 2.17 bits per heavy atom. The maximum Gasteiger partial charge on any atom is 0.488 e. The minimum atomic E-state index is -1.46. The Bertz CT molecular complexity index is 1530. The van der Waals surface area contributed by atoms with E-state index < -0.39 is 7.12 Å². The van der Waals surface area contributed by atoms with Crippen molar-refractivity contribution in [1.29, 1.82) is 0 Å². The fourth-order valence-corrected chi connectivity index (χ4v) is 5.57. The number of hydrogen-bond donors (Lipinski definition) is 2. The van der Waals surface area contributed by atoms with Crippen molar-refractivity contribution in [2.24, 2.45) is 0 Å². The second-order valence-electron chi connectivity index (χ2n) is 7.25. The quantitative estimate of drug-likeness (QED) is 0.414. The second-order valence-corrected chi connectivity index (χ2v) is 8.30. The molecule has 0 radical (unpaired) electrons. The lowest BCUT2D eigenvalue weighted by Crippen LogP contribution is -2.29. The number of para-hydroxylation sites is 1. The third-order valence-electron chi connectivity index (χ3n) is 5.63. The first-order valence-electron chi connectivity index (χ1n) is 9.52. The Morgan fingerprint density at radius 1 is 0.655 bits per heavy atom. The van der Waals surface area contributed by atoms with Crippen LogP contribution in [0.3, 0.4) is 0 Å². The van der Waals surface area contributed by atoms with E-state index in [0.717, 1.165) is 16.7 Å². The normalized spacial score (nSPS) is 11.8. The fourth-order valence-electron chi connectivity index (χ4n) is 4.31. The molecule has 0 saturated carbocycles. The number of rotatable bonds is 2. The van der Waals surface area contributed by atoms with Gasteiger partial charge < -0.3 is 14.6 Å². The molecule has 0 aliphatic heterocycles. The molecule has 0 bridgehead atoms. The van der Waals surface area contributed by atoms with Crippen molar-refractivity contribution in [3.8, 4) is 5.69 Å². The van der Waals surface area contributed by atoms with Crippen LogP contribution >= 0.6 is 11.3 Å². The van der Waals surface area contributed by atoms with Gasteiger partial charge in [-0.05, 0) is 35.8 Å². The molecule has 29 heavy (non-hydrogen) atoms. The highest BCUT2D eigenvalue weighted by Crippen LogP contribution is 2.42. The molecule has 2 aromatic heterocycles. The Balaban J connectivity index is 1.75. The first-order chi connectivity index (χ1) is 14.2. The van der Waals surface area contributed by atoms with Crippen LogP contribution in [-0.4, -0.2) is 21.7 Å². The molecule has 0 saturated heterocycles. The molecular weight excluding hydrogens is 377 g/mol. The molecule has 0 aliphatic rings. The van der Waals surface area contributed by atoms with Crippen molar-refractivity contribution in [2.75, 3.05) is 0 Å². The number of aromatic nitrogens is 1. The Hall–Kier alpha value is -3.12. The van der Waals surface area contributed by atoms with Gasteiger partial charge in [-0.3, -0.25) is 0 Å². The van der Waals surface area contributed by atoms with Gasteiger partial charge in [-0.15, -0.1) is 11.3 Å². The molecule has 0 atom stereocenters. The zero-order chi connectivity index (χ0) is 19.5. The molecule has 0 fully saturated rings. The summed E-state index contributed by atoms with van der Waals surface area (Å²) >= 11 is 1.84. The molecule has 0 amide bonds. The maximum absolute atomic E-state index is 9.43. The summed E-state index contributed by atoms with van der Waals surface area (Å²) in [6.07, 6.45) is 0. The predicted octanol–water partition coefficient (Wildman–Crippen LogP) is 4.83. The highest BCUT2D eigenvalue weighted by atomic mass is 32.1. The van der Waals surface area contributed by atoms with Gasteiger partial charge in [0.2, 0.25) is 0 Å². The molecule has 5 heteroatoms. The average Bonchev–Trinajstić information content (AvgIpc) is 3.29. The van der Waals surface area contributed by atoms with Gasteiger partial charge in [-0.25, -0.2) is 0 Å². The number of benzene rings is 4. The van der Waals surface area contributed by atoms with Crippen molar-refractivity contribution < 1.29 is 10.0 Å². The van der Waals surface area contributed by atoms with E-state index >= 15 is 0 Å². The zero-order valence-electron chi connectivity index (χ0n) is 15.4. The molecule has 0 spiro atoms. The Morgan fingerprint density at radius 2 is 1.38 bits per heavy atom. The number of hydrogen-bond acceptors (Lipinski definition) is 3. The third kappa shape index (κ3) is 2.39.